The fraction of sp³-hybridized carbons (Fsp3) is 0.214. The standard InChI is InChI=1S/C14H13BrN4O2S/c1-19-13(21)11(12(20)16-14(19)22)10-6-9(17-18-10)7-2-4-8(15)5-3-7/h2-5,9,17,21H,6H2,1H3,(H,16,20,22)/t9-/m0/s1. The number of H-pyrrole nitrogens is 1. The van der Waals surface area contributed by atoms with Crippen molar-refractivity contribution in [3.8, 4) is 5.88 Å². The number of benzene rings is 1. The summed E-state index contributed by atoms with van der Waals surface area (Å²) in [6.07, 6.45) is 0.509. The summed E-state index contributed by atoms with van der Waals surface area (Å²) >= 11 is 8.36. The van der Waals surface area contributed by atoms with E-state index < -0.39 is 5.56 Å². The van der Waals surface area contributed by atoms with Gasteiger partial charge < -0.3 is 10.5 Å². The number of hydrogen-bond acceptors (Lipinski definition) is 5. The Morgan fingerprint density at radius 2 is 2.09 bits per heavy atom. The second kappa shape index (κ2) is 5.69. The maximum Gasteiger partial charge on any atom is 0.264 e. The molecular weight excluding hydrogens is 368 g/mol. The topological polar surface area (TPSA) is 82.4 Å². The average Bonchev–Trinajstić information content (AvgIpc) is 2.95. The fourth-order valence-corrected chi connectivity index (χ4v) is 2.80. The number of nitrogens with one attached hydrogen (secondary N) is 2. The van der Waals surface area contributed by atoms with Crippen molar-refractivity contribution in [1.29, 1.82) is 0 Å². The van der Waals surface area contributed by atoms with Crippen molar-refractivity contribution in [3.63, 3.8) is 0 Å². The number of hydrogen-bond donors (Lipinski definition) is 3. The second-order valence-electron chi connectivity index (χ2n) is 5.01. The number of hydrazone groups is 1. The van der Waals surface area contributed by atoms with Crippen LogP contribution in [-0.4, -0.2) is 20.4 Å². The lowest BCUT2D eigenvalue weighted by atomic mass is 10.0. The minimum absolute atomic E-state index is 0.0321. The minimum Gasteiger partial charge on any atom is -0.494 e. The van der Waals surface area contributed by atoms with Crippen LogP contribution in [0.5, 0.6) is 5.88 Å². The molecule has 8 heteroatoms. The third-order valence-electron chi connectivity index (χ3n) is 3.61. The summed E-state index contributed by atoms with van der Waals surface area (Å²) in [4.78, 5) is 14.6. The van der Waals surface area contributed by atoms with Crippen LogP contribution < -0.4 is 11.0 Å². The van der Waals surface area contributed by atoms with Crippen LogP contribution in [0.1, 0.15) is 23.6 Å². The zero-order valence-electron chi connectivity index (χ0n) is 11.6. The summed E-state index contributed by atoms with van der Waals surface area (Å²) in [5, 5.41) is 14.4. The summed E-state index contributed by atoms with van der Waals surface area (Å²) in [7, 11) is 1.59. The minimum atomic E-state index is -0.433. The molecule has 22 heavy (non-hydrogen) atoms. The molecule has 2 heterocycles. The summed E-state index contributed by atoms with van der Waals surface area (Å²) in [5.74, 6) is -0.175. The van der Waals surface area contributed by atoms with Crippen LogP contribution in [0, 0.1) is 4.77 Å². The maximum absolute atomic E-state index is 12.1. The lowest BCUT2D eigenvalue weighted by Gasteiger charge is -2.10. The summed E-state index contributed by atoms with van der Waals surface area (Å²) in [5.41, 5.74) is 4.29. The normalized spacial score (nSPS) is 17.2. The second-order valence-corrected chi connectivity index (χ2v) is 6.32. The first-order chi connectivity index (χ1) is 10.5. The van der Waals surface area contributed by atoms with Crippen molar-refractivity contribution < 1.29 is 5.11 Å². The highest BCUT2D eigenvalue weighted by atomic mass is 79.9. The lowest BCUT2D eigenvalue weighted by Crippen LogP contribution is -2.21. The predicted octanol–water partition coefficient (Wildman–Crippen LogP) is 2.35. The van der Waals surface area contributed by atoms with Crippen LogP contribution in [0.25, 0.3) is 0 Å². The van der Waals surface area contributed by atoms with Gasteiger partial charge in [-0.05, 0) is 29.9 Å². The summed E-state index contributed by atoms with van der Waals surface area (Å²) in [6.45, 7) is 0. The largest absolute Gasteiger partial charge is 0.494 e. The lowest BCUT2D eigenvalue weighted by molar-refractivity contribution is 0.419. The van der Waals surface area contributed by atoms with Crippen LogP contribution in [0.4, 0.5) is 0 Å². The Morgan fingerprint density at radius 3 is 2.77 bits per heavy atom. The van der Waals surface area contributed by atoms with Gasteiger partial charge in [0.05, 0.1) is 11.8 Å². The van der Waals surface area contributed by atoms with E-state index in [4.69, 9.17) is 12.2 Å². The van der Waals surface area contributed by atoms with E-state index in [1.165, 1.54) is 4.57 Å². The van der Waals surface area contributed by atoms with Crippen molar-refractivity contribution in [2.24, 2.45) is 12.1 Å². The molecule has 3 rings (SSSR count). The van der Waals surface area contributed by atoms with E-state index in [9.17, 15) is 9.90 Å². The van der Waals surface area contributed by atoms with Crippen LogP contribution in [0.3, 0.4) is 0 Å². The highest BCUT2D eigenvalue weighted by Crippen LogP contribution is 2.27. The number of aromatic amines is 1. The van der Waals surface area contributed by atoms with Gasteiger partial charge in [-0.2, -0.15) is 5.10 Å². The van der Waals surface area contributed by atoms with Crippen molar-refractivity contribution in [3.05, 3.63) is 55.0 Å². The van der Waals surface area contributed by atoms with E-state index in [0.717, 1.165) is 10.0 Å². The first-order valence-electron chi connectivity index (χ1n) is 6.57. The number of aromatic hydroxyl groups is 1. The first-order valence-corrected chi connectivity index (χ1v) is 7.77. The Morgan fingerprint density at radius 1 is 1.41 bits per heavy atom. The van der Waals surface area contributed by atoms with E-state index >= 15 is 0 Å². The van der Waals surface area contributed by atoms with Crippen molar-refractivity contribution in [2.45, 2.75) is 12.5 Å². The van der Waals surface area contributed by atoms with E-state index in [1.807, 2.05) is 24.3 Å². The third-order valence-corrected chi connectivity index (χ3v) is 4.51. The molecule has 114 valence electrons. The van der Waals surface area contributed by atoms with Gasteiger partial charge in [0.2, 0.25) is 5.88 Å². The monoisotopic (exact) mass is 380 g/mol. The molecule has 0 unspecified atom stereocenters. The Labute approximate surface area is 139 Å². The zero-order valence-corrected chi connectivity index (χ0v) is 14.0. The number of rotatable bonds is 2. The van der Waals surface area contributed by atoms with Gasteiger partial charge in [0.1, 0.15) is 5.56 Å². The number of halogens is 1. The molecule has 1 atom stereocenters. The molecule has 0 fully saturated rings. The predicted molar refractivity (Wildman–Crippen MR) is 89.7 cm³/mol. The molecule has 1 aromatic carbocycles. The number of aromatic nitrogens is 2. The Bertz CT molecular complexity index is 870. The molecule has 0 amide bonds. The third kappa shape index (κ3) is 2.59. The van der Waals surface area contributed by atoms with E-state index in [1.54, 1.807) is 7.05 Å². The Kier molecular flexibility index (Phi) is 3.88. The Balaban J connectivity index is 1.93. The fourth-order valence-electron chi connectivity index (χ4n) is 2.35. The molecule has 6 nitrogen and oxygen atoms in total. The molecule has 0 aliphatic carbocycles. The summed E-state index contributed by atoms with van der Waals surface area (Å²) < 4.78 is 2.52. The quantitative estimate of drug-likeness (QED) is 0.698. The van der Waals surface area contributed by atoms with Crippen molar-refractivity contribution in [1.82, 2.24) is 15.0 Å². The molecule has 0 saturated carbocycles. The number of nitrogens with zero attached hydrogens (tertiary/aromatic N) is 2. The average molecular weight is 381 g/mol. The highest BCUT2D eigenvalue weighted by molar-refractivity contribution is 9.10. The highest BCUT2D eigenvalue weighted by Gasteiger charge is 2.26. The van der Waals surface area contributed by atoms with E-state index in [2.05, 4.69) is 31.4 Å². The van der Waals surface area contributed by atoms with Crippen LogP contribution in [0.15, 0.2) is 38.6 Å². The molecule has 0 bridgehead atoms. The molecular formula is C14H13BrN4O2S. The van der Waals surface area contributed by atoms with Gasteiger partial charge in [-0.25, -0.2) is 0 Å². The van der Waals surface area contributed by atoms with Gasteiger partial charge in [0, 0.05) is 17.9 Å². The van der Waals surface area contributed by atoms with Gasteiger partial charge in [-0.3, -0.25) is 14.3 Å². The smallest absolute Gasteiger partial charge is 0.264 e. The van der Waals surface area contributed by atoms with Gasteiger partial charge in [-0.15, -0.1) is 0 Å². The molecule has 0 saturated heterocycles. The van der Waals surface area contributed by atoms with Crippen LogP contribution in [0.2, 0.25) is 0 Å². The first kappa shape index (κ1) is 15.0. The molecule has 0 spiro atoms. The van der Waals surface area contributed by atoms with Crippen LogP contribution >= 0.6 is 28.1 Å². The molecule has 1 aliphatic heterocycles. The Hall–Kier alpha value is -1.93. The summed E-state index contributed by atoms with van der Waals surface area (Å²) in [6, 6.07) is 7.83. The molecule has 3 N–H and O–H groups in total. The molecule has 1 aromatic heterocycles. The maximum atomic E-state index is 12.1. The molecule has 0 radical (unpaired) electrons. The van der Waals surface area contributed by atoms with E-state index in [0.29, 0.717) is 12.1 Å². The van der Waals surface area contributed by atoms with Crippen molar-refractivity contribution >= 4 is 33.9 Å². The van der Waals surface area contributed by atoms with Crippen LogP contribution in [-0.2, 0) is 7.05 Å². The van der Waals surface area contributed by atoms with Gasteiger partial charge >= 0.3 is 0 Å². The van der Waals surface area contributed by atoms with Crippen molar-refractivity contribution in [2.75, 3.05) is 0 Å². The van der Waals surface area contributed by atoms with E-state index in [-0.39, 0.29) is 22.3 Å². The van der Waals surface area contributed by atoms with Gasteiger partial charge in [0.25, 0.3) is 5.56 Å². The molecule has 2 aromatic rings. The van der Waals surface area contributed by atoms with Gasteiger partial charge in [-0.1, -0.05) is 28.1 Å². The molecule has 1 aliphatic rings. The SMILES string of the molecule is Cn1c(O)c(C2=NN[C@H](c3ccc(Br)cc3)C2)c(=O)[nH]c1=S. The van der Waals surface area contributed by atoms with Gasteiger partial charge in [0.15, 0.2) is 4.77 Å². The zero-order chi connectivity index (χ0) is 15.9.